The monoisotopic (exact) mass is 256 g/mol. The fraction of sp³-hybridized carbons (Fsp3) is 0.667. The minimum Gasteiger partial charge on any atom is -0.465 e. The van der Waals surface area contributed by atoms with Crippen LogP contribution in [0.25, 0.3) is 0 Å². The van der Waals surface area contributed by atoms with Gasteiger partial charge in [-0.25, -0.2) is 9.78 Å². The second kappa shape index (κ2) is 6.71. The summed E-state index contributed by atoms with van der Waals surface area (Å²) in [6.07, 6.45) is 0.957. The van der Waals surface area contributed by atoms with Crippen molar-refractivity contribution < 1.29 is 9.53 Å². The molecule has 1 rings (SSSR count). The molecule has 0 amide bonds. The number of carbonyl (C=O) groups is 1. The number of aryl methyl sites for hydroxylation is 1. The Morgan fingerprint density at radius 1 is 1.59 bits per heavy atom. The Kier molecular flexibility index (Phi) is 5.58. The van der Waals surface area contributed by atoms with Gasteiger partial charge in [-0.15, -0.1) is 11.3 Å². The SMILES string of the molecule is CCOC(=O)C(NC(C)CC)c1csc(C)n1. The smallest absolute Gasteiger partial charge is 0.329 e. The summed E-state index contributed by atoms with van der Waals surface area (Å²) < 4.78 is 5.08. The zero-order valence-corrected chi connectivity index (χ0v) is 11.6. The first-order chi connectivity index (χ1) is 8.08. The number of hydrogen-bond acceptors (Lipinski definition) is 5. The standard InChI is InChI=1S/C12H20N2O2S/c1-5-8(3)13-11(12(15)16-6-2)10-7-17-9(4)14-10/h7-8,11,13H,5-6H2,1-4H3. The first-order valence-corrected chi connectivity index (χ1v) is 6.81. The van der Waals surface area contributed by atoms with Crippen LogP contribution >= 0.6 is 11.3 Å². The van der Waals surface area contributed by atoms with Crippen LogP contribution in [0.2, 0.25) is 0 Å². The van der Waals surface area contributed by atoms with Crippen molar-refractivity contribution in [2.75, 3.05) is 6.61 Å². The number of rotatable bonds is 6. The predicted molar refractivity (Wildman–Crippen MR) is 69.1 cm³/mol. The van der Waals surface area contributed by atoms with Crippen LogP contribution in [0, 0.1) is 6.92 Å². The third kappa shape index (κ3) is 4.09. The van der Waals surface area contributed by atoms with Gasteiger partial charge in [-0.2, -0.15) is 0 Å². The number of carbonyl (C=O) groups excluding carboxylic acids is 1. The van der Waals surface area contributed by atoms with Gasteiger partial charge in [-0.05, 0) is 27.2 Å². The molecule has 0 radical (unpaired) electrons. The fourth-order valence-corrected chi connectivity index (χ4v) is 2.05. The van der Waals surface area contributed by atoms with Crippen molar-refractivity contribution in [3.63, 3.8) is 0 Å². The van der Waals surface area contributed by atoms with E-state index in [4.69, 9.17) is 4.74 Å². The lowest BCUT2D eigenvalue weighted by molar-refractivity contribution is -0.146. The highest BCUT2D eigenvalue weighted by molar-refractivity contribution is 7.09. The van der Waals surface area contributed by atoms with Gasteiger partial charge in [-0.3, -0.25) is 5.32 Å². The summed E-state index contributed by atoms with van der Waals surface area (Å²) in [7, 11) is 0. The molecule has 5 heteroatoms. The van der Waals surface area contributed by atoms with E-state index >= 15 is 0 Å². The lowest BCUT2D eigenvalue weighted by Gasteiger charge is -2.19. The molecule has 0 aliphatic heterocycles. The molecule has 0 fully saturated rings. The van der Waals surface area contributed by atoms with Crippen LogP contribution in [-0.2, 0) is 9.53 Å². The zero-order valence-electron chi connectivity index (χ0n) is 10.8. The van der Waals surface area contributed by atoms with Crippen molar-refractivity contribution in [3.05, 3.63) is 16.1 Å². The molecule has 0 aliphatic rings. The average molecular weight is 256 g/mol. The molecule has 0 bridgehead atoms. The maximum Gasteiger partial charge on any atom is 0.329 e. The van der Waals surface area contributed by atoms with Gasteiger partial charge in [0.2, 0.25) is 0 Å². The molecule has 96 valence electrons. The normalized spacial score (nSPS) is 14.4. The van der Waals surface area contributed by atoms with Gasteiger partial charge in [-0.1, -0.05) is 6.92 Å². The van der Waals surface area contributed by atoms with E-state index in [1.165, 1.54) is 0 Å². The van der Waals surface area contributed by atoms with Gasteiger partial charge >= 0.3 is 5.97 Å². The highest BCUT2D eigenvalue weighted by Crippen LogP contribution is 2.18. The van der Waals surface area contributed by atoms with Crippen molar-refractivity contribution >= 4 is 17.3 Å². The molecule has 1 N–H and O–H groups in total. The summed E-state index contributed by atoms with van der Waals surface area (Å²) in [5.41, 5.74) is 0.756. The van der Waals surface area contributed by atoms with Crippen LogP contribution in [-0.4, -0.2) is 23.6 Å². The van der Waals surface area contributed by atoms with Crippen LogP contribution in [0.5, 0.6) is 0 Å². The largest absolute Gasteiger partial charge is 0.465 e. The van der Waals surface area contributed by atoms with E-state index in [-0.39, 0.29) is 12.0 Å². The Morgan fingerprint density at radius 2 is 2.29 bits per heavy atom. The second-order valence-electron chi connectivity index (χ2n) is 3.95. The molecule has 0 spiro atoms. The molecule has 0 aromatic carbocycles. The molecule has 0 aliphatic carbocycles. The van der Waals surface area contributed by atoms with Gasteiger partial charge in [0.15, 0.2) is 0 Å². The molecular formula is C12H20N2O2S. The first kappa shape index (κ1) is 14.1. The van der Waals surface area contributed by atoms with Gasteiger partial charge in [0.1, 0.15) is 6.04 Å². The van der Waals surface area contributed by atoms with E-state index in [2.05, 4.69) is 17.2 Å². The molecule has 1 aromatic rings. The Labute approximate surface area is 106 Å². The first-order valence-electron chi connectivity index (χ1n) is 5.93. The maximum absolute atomic E-state index is 11.9. The van der Waals surface area contributed by atoms with E-state index in [0.29, 0.717) is 6.61 Å². The van der Waals surface area contributed by atoms with E-state index in [0.717, 1.165) is 17.1 Å². The van der Waals surface area contributed by atoms with Crippen molar-refractivity contribution in [2.45, 2.75) is 46.2 Å². The summed E-state index contributed by atoms with van der Waals surface area (Å²) >= 11 is 1.54. The van der Waals surface area contributed by atoms with Crippen LogP contribution in [0.15, 0.2) is 5.38 Å². The van der Waals surface area contributed by atoms with E-state index in [1.807, 2.05) is 26.2 Å². The third-order valence-electron chi connectivity index (χ3n) is 2.52. The lowest BCUT2D eigenvalue weighted by atomic mass is 10.1. The third-order valence-corrected chi connectivity index (χ3v) is 3.31. The number of nitrogens with one attached hydrogen (secondary N) is 1. The number of thiazole rings is 1. The van der Waals surface area contributed by atoms with Crippen LogP contribution in [0.4, 0.5) is 0 Å². The molecule has 1 heterocycles. The highest BCUT2D eigenvalue weighted by atomic mass is 32.1. The molecule has 0 saturated heterocycles. The summed E-state index contributed by atoms with van der Waals surface area (Å²) in [4.78, 5) is 16.2. The molecule has 0 saturated carbocycles. The fourth-order valence-electron chi connectivity index (χ4n) is 1.41. The summed E-state index contributed by atoms with van der Waals surface area (Å²) in [6.45, 7) is 8.25. The Morgan fingerprint density at radius 3 is 2.76 bits per heavy atom. The van der Waals surface area contributed by atoms with Crippen LogP contribution in [0.3, 0.4) is 0 Å². The highest BCUT2D eigenvalue weighted by Gasteiger charge is 2.25. The molecular weight excluding hydrogens is 236 g/mol. The predicted octanol–water partition coefficient (Wildman–Crippen LogP) is 2.44. The molecule has 2 unspecified atom stereocenters. The van der Waals surface area contributed by atoms with Gasteiger partial charge < -0.3 is 4.74 Å². The van der Waals surface area contributed by atoms with E-state index in [1.54, 1.807) is 11.3 Å². The van der Waals surface area contributed by atoms with E-state index in [9.17, 15) is 4.79 Å². The second-order valence-corrected chi connectivity index (χ2v) is 5.01. The summed E-state index contributed by atoms with van der Waals surface area (Å²) in [5.74, 6) is -0.252. The maximum atomic E-state index is 11.9. The summed E-state index contributed by atoms with van der Waals surface area (Å²) in [5, 5.41) is 6.12. The molecule has 2 atom stereocenters. The number of nitrogens with zero attached hydrogens (tertiary/aromatic N) is 1. The molecule has 4 nitrogen and oxygen atoms in total. The average Bonchev–Trinajstić information content (AvgIpc) is 2.72. The Balaban J connectivity index is 2.82. The van der Waals surface area contributed by atoms with Gasteiger partial charge in [0, 0.05) is 11.4 Å². The lowest BCUT2D eigenvalue weighted by Crippen LogP contribution is -2.36. The van der Waals surface area contributed by atoms with E-state index < -0.39 is 6.04 Å². The van der Waals surface area contributed by atoms with Crippen molar-refractivity contribution in [1.82, 2.24) is 10.3 Å². The zero-order chi connectivity index (χ0) is 12.8. The van der Waals surface area contributed by atoms with Crippen molar-refractivity contribution in [1.29, 1.82) is 0 Å². The molecule has 17 heavy (non-hydrogen) atoms. The summed E-state index contributed by atoms with van der Waals surface area (Å²) in [6, 6.07) is -0.193. The Hall–Kier alpha value is -0.940. The number of esters is 1. The van der Waals surface area contributed by atoms with Crippen molar-refractivity contribution in [3.8, 4) is 0 Å². The van der Waals surface area contributed by atoms with Crippen LogP contribution in [0.1, 0.15) is 43.9 Å². The quantitative estimate of drug-likeness (QED) is 0.794. The number of hydrogen-bond donors (Lipinski definition) is 1. The minimum absolute atomic E-state index is 0.252. The van der Waals surface area contributed by atoms with Crippen LogP contribution < -0.4 is 5.32 Å². The van der Waals surface area contributed by atoms with Gasteiger partial charge in [0.05, 0.1) is 17.3 Å². The van der Waals surface area contributed by atoms with Crippen molar-refractivity contribution in [2.24, 2.45) is 0 Å². The minimum atomic E-state index is -0.449. The topological polar surface area (TPSA) is 51.2 Å². The Bertz CT molecular complexity index is 365. The van der Waals surface area contributed by atoms with Gasteiger partial charge in [0.25, 0.3) is 0 Å². The number of aromatic nitrogens is 1. The number of ether oxygens (including phenoxy) is 1. The molecule has 1 aromatic heterocycles.